The van der Waals surface area contributed by atoms with Gasteiger partial charge in [0.2, 0.25) is 11.7 Å². The summed E-state index contributed by atoms with van der Waals surface area (Å²) in [4.78, 5) is 18.7. The Balaban J connectivity index is 1.58. The number of piperidine rings is 1. The molecule has 2 aromatic rings. The second-order valence-corrected chi connectivity index (χ2v) is 8.14. The number of nitrogens with zero attached hydrogens (tertiary/aromatic N) is 3. The van der Waals surface area contributed by atoms with Crippen LogP contribution in [0.3, 0.4) is 0 Å². The van der Waals surface area contributed by atoms with Gasteiger partial charge in [-0.15, -0.1) is 0 Å². The highest BCUT2D eigenvalue weighted by Crippen LogP contribution is 2.23. The van der Waals surface area contributed by atoms with Crippen molar-refractivity contribution in [3.05, 3.63) is 22.7 Å². The molecule has 130 valence electrons. The van der Waals surface area contributed by atoms with E-state index in [1.807, 2.05) is 42.5 Å². The summed E-state index contributed by atoms with van der Waals surface area (Å²) >= 11 is 1.61. The minimum Gasteiger partial charge on any atom is -0.339 e. The van der Waals surface area contributed by atoms with Crippen LogP contribution in [0.2, 0.25) is 0 Å². The zero-order chi connectivity index (χ0) is 17.2. The molecule has 1 fully saturated rings. The van der Waals surface area contributed by atoms with Gasteiger partial charge < -0.3 is 14.7 Å². The highest BCUT2D eigenvalue weighted by molar-refractivity contribution is 7.08. The van der Waals surface area contributed by atoms with Crippen molar-refractivity contribution < 1.29 is 9.32 Å². The third kappa shape index (κ3) is 4.35. The van der Waals surface area contributed by atoms with Crippen LogP contribution in [-0.2, 0) is 6.42 Å². The molecule has 1 aliphatic heterocycles. The lowest BCUT2D eigenvalue weighted by Crippen LogP contribution is -2.51. The number of hydrogen-bond donors (Lipinski definition) is 1. The van der Waals surface area contributed by atoms with Crippen molar-refractivity contribution in [3.63, 3.8) is 0 Å². The van der Waals surface area contributed by atoms with Crippen LogP contribution in [-0.4, -0.2) is 39.7 Å². The van der Waals surface area contributed by atoms with Crippen molar-refractivity contribution in [2.75, 3.05) is 13.1 Å². The predicted octanol–water partition coefficient (Wildman–Crippen LogP) is 3.56. The monoisotopic (exact) mass is 348 g/mol. The predicted molar refractivity (Wildman–Crippen MR) is 93.9 cm³/mol. The highest BCUT2D eigenvalue weighted by Gasteiger charge is 2.27. The first-order valence-electron chi connectivity index (χ1n) is 8.33. The number of urea groups is 1. The molecule has 0 saturated carbocycles. The summed E-state index contributed by atoms with van der Waals surface area (Å²) in [5, 5.41) is 11.1. The van der Waals surface area contributed by atoms with E-state index in [1.54, 1.807) is 11.3 Å². The molecule has 0 aromatic carbocycles. The Morgan fingerprint density at radius 3 is 3.04 bits per heavy atom. The number of aromatic nitrogens is 2. The fourth-order valence-electron chi connectivity index (χ4n) is 2.91. The molecule has 0 radical (unpaired) electrons. The normalized spacial score (nSPS) is 18.6. The molecular weight excluding hydrogens is 324 g/mol. The molecule has 0 spiro atoms. The number of likely N-dealkylation sites (tertiary alicyclic amines) is 1. The molecule has 1 aliphatic rings. The van der Waals surface area contributed by atoms with Crippen molar-refractivity contribution in [2.45, 2.75) is 45.6 Å². The number of thiophene rings is 1. The van der Waals surface area contributed by atoms with Gasteiger partial charge in [-0.2, -0.15) is 16.3 Å². The maximum atomic E-state index is 12.3. The molecule has 3 rings (SSSR count). The van der Waals surface area contributed by atoms with Gasteiger partial charge in [0.05, 0.1) is 0 Å². The van der Waals surface area contributed by atoms with Crippen LogP contribution in [0.25, 0.3) is 11.4 Å². The lowest BCUT2D eigenvalue weighted by molar-refractivity contribution is 0.155. The number of amides is 2. The maximum absolute atomic E-state index is 12.3. The number of carbonyl (C=O) groups is 1. The van der Waals surface area contributed by atoms with E-state index in [4.69, 9.17) is 4.52 Å². The lowest BCUT2D eigenvalue weighted by atomic mass is 9.95. The van der Waals surface area contributed by atoms with Gasteiger partial charge in [0, 0.05) is 36.0 Å². The van der Waals surface area contributed by atoms with Crippen molar-refractivity contribution in [1.29, 1.82) is 0 Å². The second kappa shape index (κ2) is 6.93. The Bertz CT molecular complexity index is 675. The van der Waals surface area contributed by atoms with Gasteiger partial charge in [0.25, 0.3) is 0 Å². The Morgan fingerprint density at radius 2 is 2.33 bits per heavy atom. The average Bonchev–Trinajstić information content (AvgIpc) is 3.16. The Hall–Kier alpha value is -1.89. The van der Waals surface area contributed by atoms with Crippen molar-refractivity contribution in [3.8, 4) is 11.4 Å². The van der Waals surface area contributed by atoms with Gasteiger partial charge in [-0.25, -0.2) is 4.79 Å². The van der Waals surface area contributed by atoms with Crippen LogP contribution in [0.5, 0.6) is 0 Å². The highest BCUT2D eigenvalue weighted by atomic mass is 32.1. The van der Waals surface area contributed by atoms with Crippen LogP contribution >= 0.6 is 11.3 Å². The Morgan fingerprint density at radius 1 is 1.50 bits per heavy atom. The van der Waals surface area contributed by atoms with E-state index in [2.05, 4.69) is 15.5 Å². The SMILES string of the molecule is CC(C)(C)NC(=O)N1CCCC(Cc2nc(-c3ccsc3)no2)C1. The van der Waals surface area contributed by atoms with E-state index in [-0.39, 0.29) is 11.6 Å². The van der Waals surface area contributed by atoms with E-state index in [0.717, 1.165) is 37.9 Å². The molecule has 1 atom stereocenters. The van der Waals surface area contributed by atoms with Crippen LogP contribution < -0.4 is 5.32 Å². The third-order valence-corrected chi connectivity index (χ3v) is 4.68. The smallest absolute Gasteiger partial charge is 0.317 e. The molecule has 0 aliphatic carbocycles. The topological polar surface area (TPSA) is 71.3 Å². The maximum Gasteiger partial charge on any atom is 0.317 e. The van der Waals surface area contributed by atoms with Gasteiger partial charge in [0.1, 0.15) is 0 Å². The lowest BCUT2D eigenvalue weighted by Gasteiger charge is -2.34. The zero-order valence-corrected chi connectivity index (χ0v) is 15.2. The fraction of sp³-hybridized carbons (Fsp3) is 0.588. The number of carbonyl (C=O) groups excluding carboxylic acids is 1. The first-order valence-corrected chi connectivity index (χ1v) is 9.27. The molecule has 3 heterocycles. The molecule has 0 bridgehead atoms. The minimum atomic E-state index is -0.216. The summed E-state index contributed by atoms with van der Waals surface area (Å²) in [6.45, 7) is 7.53. The van der Waals surface area contributed by atoms with Crippen LogP contribution in [0.4, 0.5) is 4.79 Å². The Kier molecular flexibility index (Phi) is 4.89. The molecule has 1 unspecified atom stereocenters. The van der Waals surface area contributed by atoms with Crippen molar-refractivity contribution >= 4 is 17.4 Å². The fourth-order valence-corrected chi connectivity index (χ4v) is 3.54. The molecule has 1 saturated heterocycles. The first kappa shape index (κ1) is 17.0. The van der Waals surface area contributed by atoms with Crippen molar-refractivity contribution in [2.24, 2.45) is 5.92 Å². The molecule has 2 aromatic heterocycles. The van der Waals surface area contributed by atoms with E-state index < -0.39 is 0 Å². The standard InChI is InChI=1S/C17H24N4O2S/c1-17(2,3)19-16(22)21-7-4-5-12(10-21)9-14-18-15(20-23-14)13-6-8-24-11-13/h6,8,11-12H,4-5,7,9-10H2,1-3H3,(H,19,22). The largest absolute Gasteiger partial charge is 0.339 e. The van der Waals surface area contributed by atoms with E-state index in [1.165, 1.54) is 0 Å². The third-order valence-electron chi connectivity index (χ3n) is 4.00. The number of rotatable bonds is 3. The van der Waals surface area contributed by atoms with Gasteiger partial charge >= 0.3 is 6.03 Å². The van der Waals surface area contributed by atoms with Gasteiger partial charge in [-0.1, -0.05) is 5.16 Å². The molecule has 1 N–H and O–H groups in total. The first-order chi connectivity index (χ1) is 11.4. The van der Waals surface area contributed by atoms with Gasteiger partial charge in [0.15, 0.2) is 0 Å². The second-order valence-electron chi connectivity index (χ2n) is 7.36. The van der Waals surface area contributed by atoms with Gasteiger partial charge in [-0.05, 0) is 51.0 Å². The Labute approximate surface area is 146 Å². The summed E-state index contributed by atoms with van der Waals surface area (Å²) < 4.78 is 5.39. The van der Waals surface area contributed by atoms with E-state index >= 15 is 0 Å². The molecule has 24 heavy (non-hydrogen) atoms. The molecule has 7 heteroatoms. The summed E-state index contributed by atoms with van der Waals surface area (Å²) in [6.07, 6.45) is 2.81. The van der Waals surface area contributed by atoms with Crippen LogP contribution in [0.1, 0.15) is 39.5 Å². The quantitative estimate of drug-likeness (QED) is 0.920. The van der Waals surface area contributed by atoms with E-state index in [0.29, 0.717) is 17.6 Å². The van der Waals surface area contributed by atoms with Crippen molar-refractivity contribution in [1.82, 2.24) is 20.4 Å². The molecular formula is C17H24N4O2S. The van der Waals surface area contributed by atoms with Crippen LogP contribution in [0.15, 0.2) is 21.3 Å². The number of nitrogens with one attached hydrogen (secondary N) is 1. The summed E-state index contributed by atoms with van der Waals surface area (Å²) in [7, 11) is 0. The minimum absolute atomic E-state index is 0.0108. The molecule has 2 amide bonds. The van der Waals surface area contributed by atoms with E-state index in [9.17, 15) is 4.79 Å². The van der Waals surface area contributed by atoms with Gasteiger partial charge in [-0.3, -0.25) is 0 Å². The van der Waals surface area contributed by atoms with Crippen LogP contribution in [0, 0.1) is 5.92 Å². The summed E-state index contributed by atoms with van der Waals surface area (Å²) in [5.74, 6) is 1.66. The average molecular weight is 348 g/mol. The summed E-state index contributed by atoms with van der Waals surface area (Å²) in [6, 6.07) is 2.00. The number of hydrogen-bond acceptors (Lipinski definition) is 5. The zero-order valence-electron chi connectivity index (χ0n) is 14.4. The molecule has 6 nitrogen and oxygen atoms in total. The summed E-state index contributed by atoms with van der Waals surface area (Å²) in [5.41, 5.74) is 0.774.